The number of hydrogen-bond donors (Lipinski definition) is 0. The number of aromatic nitrogens is 2. The fourth-order valence-corrected chi connectivity index (χ4v) is 15.2. The Morgan fingerprint density at radius 1 is 0.320 bits per heavy atom. The highest BCUT2D eigenvalue weighted by atomic mass is 79.9. The van der Waals surface area contributed by atoms with Gasteiger partial charge in [0.15, 0.2) is 0 Å². The molecule has 0 aliphatic carbocycles. The maximum Gasteiger partial charge on any atom is 0.494 e. The lowest BCUT2D eigenvalue weighted by atomic mass is 9.79. The highest BCUT2D eigenvalue weighted by molar-refractivity contribution is 9.10. The Kier molecular flexibility index (Phi) is 17.0. The summed E-state index contributed by atoms with van der Waals surface area (Å²) in [7, 11) is -0.409. The molecular weight excluding hydrogens is 1330 g/mol. The number of rotatable bonds is 8. The lowest BCUT2D eigenvalue weighted by Gasteiger charge is -2.32. The largest absolute Gasteiger partial charge is 0.494 e. The molecule has 18 aromatic rings. The highest BCUT2D eigenvalue weighted by Crippen LogP contribution is 2.46. The van der Waals surface area contributed by atoms with Gasteiger partial charge in [0.2, 0.25) is 0 Å². The monoisotopic (exact) mass is 1390 g/mol. The van der Waals surface area contributed by atoms with Crippen molar-refractivity contribution < 1.29 is 18.1 Å². The first-order valence-electron chi connectivity index (χ1n) is 34.2. The SMILES string of the molecule is Brc1cccc(-c2ccccc2)c1-c1ccc2oc3ccccc3c2c1.CC1(C)OB(c2cccc(-n3c4ccccc4c4cc(C#N)ccc43)c2)OC1(C)C.N#Cc1ccc2c(c1)c1ccccc1n2-c1cccc(-c2cccc(-c3ccccc3)c2-c2ccc3oc4ccccc4c3c2)c1.[B]. The molecule has 0 saturated carbocycles. The van der Waals surface area contributed by atoms with Gasteiger partial charge in [0.1, 0.15) is 22.3 Å². The van der Waals surface area contributed by atoms with Crippen molar-refractivity contribution in [3.05, 3.63) is 331 Å². The normalized spacial score (nSPS) is 13.1. The number of halogens is 1. The van der Waals surface area contributed by atoms with Crippen LogP contribution in [-0.4, -0.2) is 35.9 Å². The second kappa shape index (κ2) is 26.7. The number of nitriles is 2. The van der Waals surface area contributed by atoms with Crippen molar-refractivity contribution >= 4 is 124 Å². The molecule has 19 rings (SSSR count). The van der Waals surface area contributed by atoms with E-state index in [1.165, 1.54) is 38.9 Å². The zero-order valence-electron chi connectivity index (χ0n) is 57.0. The van der Waals surface area contributed by atoms with Gasteiger partial charge in [-0.2, -0.15) is 10.5 Å². The van der Waals surface area contributed by atoms with Crippen LogP contribution >= 0.6 is 15.9 Å². The minimum Gasteiger partial charge on any atom is -0.456 e. The van der Waals surface area contributed by atoms with Crippen molar-refractivity contribution in [3.8, 4) is 79.1 Å². The average Bonchev–Trinajstić information content (AvgIpc) is 1.54. The molecule has 0 N–H and O–H groups in total. The summed E-state index contributed by atoms with van der Waals surface area (Å²) < 4.78 is 30.3. The Balaban J connectivity index is 0.000000125. The third kappa shape index (κ3) is 11.7. The zero-order chi connectivity index (χ0) is 69.2. The zero-order valence-corrected chi connectivity index (χ0v) is 58.6. The van der Waals surface area contributed by atoms with Crippen molar-refractivity contribution in [2.24, 2.45) is 0 Å². The van der Waals surface area contributed by atoms with Crippen LogP contribution in [0.5, 0.6) is 0 Å². The van der Waals surface area contributed by atoms with Crippen LogP contribution in [0.2, 0.25) is 0 Å². The molecule has 489 valence electrons. The predicted molar refractivity (Wildman–Crippen MR) is 428 cm³/mol. The van der Waals surface area contributed by atoms with Crippen molar-refractivity contribution in [2.75, 3.05) is 0 Å². The molecule has 1 fully saturated rings. The molecular formula is C92H64B2BrN4O4. The van der Waals surface area contributed by atoms with Crippen LogP contribution in [-0.2, 0) is 9.31 Å². The Morgan fingerprint density at radius 2 is 0.718 bits per heavy atom. The number of hydrogen-bond acceptors (Lipinski definition) is 6. The van der Waals surface area contributed by atoms with Crippen LogP contribution in [0.3, 0.4) is 0 Å². The summed E-state index contributed by atoms with van der Waals surface area (Å²) in [5, 5.41) is 27.9. The molecule has 1 aliphatic heterocycles. The van der Waals surface area contributed by atoms with Crippen LogP contribution in [0, 0.1) is 22.7 Å². The Hall–Kier alpha value is -12.2. The molecule has 14 aromatic carbocycles. The lowest BCUT2D eigenvalue weighted by Crippen LogP contribution is -2.41. The Morgan fingerprint density at radius 3 is 1.24 bits per heavy atom. The van der Waals surface area contributed by atoms with E-state index in [4.69, 9.17) is 18.1 Å². The van der Waals surface area contributed by atoms with Gasteiger partial charge in [0, 0.05) is 72.9 Å². The van der Waals surface area contributed by atoms with Gasteiger partial charge >= 0.3 is 7.12 Å². The third-order valence-electron chi connectivity index (χ3n) is 20.3. The summed E-state index contributed by atoms with van der Waals surface area (Å²) in [4.78, 5) is 0. The second-order valence-electron chi connectivity index (χ2n) is 26.9. The van der Waals surface area contributed by atoms with Gasteiger partial charge in [0.25, 0.3) is 0 Å². The smallest absolute Gasteiger partial charge is 0.456 e. The van der Waals surface area contributed by atoms with Crippen LogP contribution in [0.4, 0.5) is 0 Å². The summed E-state index contributed by atoms with van der Waals surface area (Å²) in [6, 6.07) is 114. The minimum absolute atomic E-state index is 0. The fraction of sp³-hybridized carbons (Fsp3) is 0.0652. The average molecular weight is 1390 g/mol. The van der Waals surface area contributed by atoms with Gasteiger partial charge in [0.05, 0.1) is 56.5 Å². The van der Waals surface area contributed by atoms with Crippen molar-refractivity contribution in [1.82, 2.24) is 9.13 Å². The highest BCUT2D eigenvalue weighted by Gasteiger charge is 2.51. The number of para-hydroxylation sites is 4. The van der Waals surface area contributed by atoms with Crippen molar-refractivity contribution in [1.29, 1.82) is 10.5 Å². The fourth-order valence-electron chi connectivity index (χ4n) is 14.6. The molecule has 8 nitrogen and oxygen atoms in total. The summed E-state index contributed by atoms with van der Waals surface area (Å²) in [6.45, 7) is 8.26. The van der Waals surface area contributed by atoms with Gasteiger partial charge in [-0.3, -0.25) is 0 Å². The van der Waals surface area contributed by atoms with E-state index in [9.17, 15) is 10.5 Å². The maximum absolute atomic E-state index is 9.62. The second-order valence-corrected chi connectivity index (χ2v) is 27.7. The Labute approximate surface area is 607 Å². The minimum atomic E-state index is -0.409. The predicted octanol–water partition coefficient (Wildman–Crippen LogP) is 23.8. The van der Waals surface area contributed by atoms with Gasteiger partial charge in [-0.1, -0.05) is 216 Å². The topological polar surface area (TPSA) is 102 Å². The van der Waals surface area contributed by atoms with Crippen molar-refractivity contribution in [2.45, 2.75) is 38.9 Å². The van der Waals surface area contributed by atoms with E-state index in [-0.39, 0.29) is 19.6 Å². The van der Waals surface area contributed by atoms with E-state index in [1.54, 1.807) is 0 Å². The third-order valence-corrected chi connectivity index (χ3v) is 20.9. The first-order valence-corrected chi connectivity index (χ1v) is 35.0. The van der Waals surface area contributed by atoms with Crippen molar-refractivity contribution in [3.63, 3.8) is 0 Å². The number of furan rings is 2. The summed E-state index contributed by atoms with van der Waals surface area (Å²) in [5.41, 5.74) is 23.4. The molecule has 0 bridgehead atoms. The van der Waals surface area contributed by atoms with E-state index in [0.29, 0.717) is 11.1 Å². The number of fused-ring (bicyclic) bond motifs is 12. The number of benzene rings is 14. The Bertz CT molecular complexity index is 6400. The van der Waals surface area contributed by atoms with Gasteiger partial charge in [-0.05, 0) is 198 Å². The molecule has 0 unspecified atom stereocenters. The molecule has 1 saturated heterocycles. The van der Waals surface area contributed by atoms with E-state index in [1.807, 2.05) is 84.9 Å². The maximum atomic E-state index is 9.62. The lowest BCUT2D eigenvalue weighted by molar-refractivity contribution is 0.00578. The molecule has 0 amide bonds. The van der Waals surface area contributed by atoms with Crippen LogP contribution in [0.1, 0.15) is 38.8 Å². The summed E-state index contributed by atoms with van der Waals surface area (Å²) in [5.74, 6) is 0. The molecule has 11 heteroatoms. The molecule has 4 aromatic heterocycles. The van der Waals surface area contributed by atoms with Crippen LogP contribution in [0.25, 0.3) is 154 Å². The summed E-state index contributed by atoms with van der Waals surface area (Å²) >= 11 is 3.76. The van der Waals surface area contributed by atoms with E-state index >= 15 is 0 Å². The molecule has 103 heavy (non-hydrogen) atoms. The standard InChI is InChI=1S/C43H26N2O.C25H23BN2O2.C24H15BrO.B/c44-27-28-20-22-40-37(24-28)35-14-4-6-18-39(35)45(40)32-13-8-12-30(25-32)34-17-9-16-33(29-10-2-1-3-11-29)43(34)31-21-23-42-38(26-31)36-15-5-7-19-41(36)46-42;1-24(2)25(3,4)30-26(29-24)18-8-7-9-19(15-18)28-22-11-6-5-10-20(22)21-14-17(16-27)12-13-23(21)28;25-21-11-6-10-18(16-7-2-1-3-8-16)24(21)17-13-14-23-20(15-17)19-9-4-5-12-22(19)26-23;/h1-26H;5-15H,1-4H3;1-15H;. The summed E-state index contributed by atoms with van der Waals surface area (Å²) in [6.07, 6.45) is 0. The van der Waals surface area contributed by atoms with Gasteiger partial charge in [-0.25, -0.2) is 0 Å². The first kappa shape index (κ1) is 65.4. The van der Waals surface area contributed by atoms with Gasteiger partial charge < -0.3 is 27.3 Å². The first-order chi connectivity index (χ1) is 49.9. The molecule has 0 atom stereocenters. The van der Waals surface area contributed by atoms with E-state index in [2.05, 4.69) is 295 Å². The molecule has 1 aliphatic rings. The number of nitrogens with zero attached hydrogens (tertiary/aromatic N) is 4. The molecule has 3 radical (unpaired) electrons. The van der Waals surface area contributed by atoms with E-state index < -0.39 is 7.12 Å². The quantitative estimate of drug-likeness (QED) is 0.140. The van der Waals surface area contributed by atoms with Gasteiger partial charge in [-0.15, -0.1) is 0 Å². The molecule has 5 heterocycles. The van der Waals surface area contributed by atoms with Crippen LogP contribution < -0.4 is 5.46 Å². The van der Waals surface area contributed by atoms with E-state index in [0.717, 1.165) is 125 Å². The molecule has 0 spiro atoms. The van der Waals surface area contributed by atoms with Crippen LogP contribution in [0.15, 0.2) is 329 Å².